The van der Waals surface area contributed by atoms with Crippen LogP contribution in [-0.2, 0) is 0 Å². The molecule has 1 N–H and O–H groups in total. The molecular weight excluding hydrogens is 240 g/mol. The molecule has 2 aromatic rings. The van der Waals surface area contributed by atoms with Crippen molar-refractivity contribution in [2.75, 3.05) is 6.79 Å². The topological polar surface area (TPSA) is 38.7 Å². The Morgan fingerprint density at radius 3 is 2.42 bits per heavy atom. The number of fused-ring (bicyclic) bond motifs is 1. The molecule has 0 aromatic heterocycles. The minimum absolute atomic E-state index is 0.239. The van der Waals surface area contributed by atoms with E-state index in [0.29, 0.717) is 5.75 Å². The lowest BCUT2D eigenvalue weighted by Crippen LogP contribution is -1.99. The van der Waals surface area contributed by atoms with Gasteiger partial charge in [-0.2, -0.15) is 0 Å². The molecule has 0 aliphatic carbocycles. The maximum Gasteiger partial charge on any atom is 0.231 e. The van der Waals surface area contributed by atoms with Crippen molar-refractivity contribution in [1.29, 1.82) is 0 Å². The van der Waals surface area contributed by atoms with Crippen LogP contribution < -0.4 is 9.47 Å². The third-order valence-corrected chi connectivity index (χ3v) is 3.20. The van der Waals surface area contributed by atoms with Gasteiger partial charge in [0.15, 0.2) is 11.5 Å². The van der Waals surface area contributed by atoms with Crippen LogP contribution in [0.3, 0.4) is 0 Å². The predicted molar refractivity (Wildman–Crippen MR) is 73.2 cm³/mol. The van der Waals surface area contributed by atoms with Gasteiger partial charge in [-0.1, -0.05) is 43.0 Å². The SMILES string of the molecule is C=Cc1ccc(C(O)c2ccc3c(c2)OCO3)cc1. The number of hydrogen-bond acceptors (Lipinski definition) is 3. The van der Waals surface area contributed by atoms with Crippen LogP contribution in [0.2, 0.25) is 0 Å². The maximum atomic E-state index is 10.4. The summed E-state index contributed by atoms with van der Waals surface area (Å²) in [5.74, 6) is 1.40. The predicted octanol–water partition coefficient (Wildman–Crippen LogP) is 3.14. The van der Waals surface area contributed by atoms with Crippen LogP contribution in [0.1, 0.15) is 22.8 Å². The van der Waals surface area contributed by atoms with Gasteiger partial charge in [-0.3, -0.25) is 0 Å². The normalized spacial score (nSPS) is 14.2. The Kier molecular flexibility index (Phi) is 2.97. The molecule has 1 unspecified atom stereocenters. The van der Waals surface area contributed by atoms with E-state index in [9.17, 15) is 5.11 Å². The highest BCUT2D eigenvalue weighted by atomic mass is 16.7. The summed E-state index contributed by atoms with van der Waals surface area (Å²) in [4.78, 5) is 0. The Hall–Kier alpha value is -2.26. The van der Waals surface area contributed by atoms with Crippen molar-refractivity contribution >= 4 is 6.08 Å². The second kappa shape index (κ2) is 4.78. The van der Waals surface area contributed by atoms with Crippen LogP contribution in [0.25, 0.3) is 6.08 Å². The number of rotatable bonds is 3. The van der Waals surface area contributed by atoms with Crippen LogP contribution in [0.5, 0.6) is 11.5 Å². The first-order valence-corrected chi connectivity index (χ1v) is 6.08. The highest BCUT2D eigenvalue weighted by Gasteiger charge is 2.17. The average Bonchev–Trinajstić information content (AvgIpc) is 2.94. The maximum absolute atomic E-state index is 10.4. The van der Waals surface area contributed by atoms with E-state index in [-0.39, 0.29) is 6.79 Å². The number of aliphatic hydroxyl groups is 1. The second-order valence-corrected chi connectivity index (χ2v) is 4.39. The summed E-state index contributed by atoms with van der Waals surface area (Å²) in [5, 5.41) is 10.4. The van der Waals surface area contributed by atoms with Crippen molar-refractivity contribution in [1.82, 2.24) is 0 Å². The molecule has 1 atom stereocenters. The molecule has 1 heterocycles. The molecule has 96 valence electrons. The van der Waals surface area contributed by atoms with E-state index in [1.807, 2.05) is 42.5 Å². The van der Waals surface area contributed by atoms with Gasteiger partial charge in [-0.05, 0) is 28.8 Å². The Morgan fingerprint density at radius 2 is 1.68 bits per heavy atom. The van der Waals surface area contributed by atoms with Crippen LogP contribution in [-0.4, -0.2) is 11.9 Å². The van der Waals surface area contributed by atoms with Gasteiger partial charge < -0.3 is 14.6 Å². The third-order valence-electron chi connectivity index (χ3n) is 3.20. The van der Waals surface area contributed by atoms with E-state index in [0.717, 1.165) is 22.4 Å². The van der Waals surface area contributed by atoms with Crippen molar-refractivity contribution in [3.63, 3.8) is 0 Å². The van der Waals surface area contributed by atoms with Gasteiger partial charge in [0, 0.05) is 0 Å². The first kappa shape index (κ1) is 11.8. The minimum atomic E-state index is -0.673. The first-order chi connectivity index (χ1) is 9.28. The van der Waals surface area contributed by atoms with Crippen molar-refractivity contribution in [3.05, 3.63) is 65.7 Å². The van der Waals surface area contributed by atoms with E-state index in [1.54, 1.807) is 6.08 Å². The second-order valence-electron chi connectivity index (χ2n) is 4.39. The summed E-state index contributed by atoms with van der Waals surface area (Å²) in [6.07, 6.45) is 1.10. The lowest BCUT2D eigenvalue weighted by molar-refractivity contribution is 0.173. The fraction of sp³-hybridized carbons (Fsp3) is 0.125. The van der Waals surface area contributed by atoms with Gasteiger partial charge in [0.1, 0.15) is 6.10 Å². The molecule has 0 saturated carbocycles. The minimum Gasteiger partial charge on any atom is -0.454 e. The van der Waals surface area contributed by atoms with Gasteiger partial charge in [0.25, 0.3) is 0 Å². The molecule has 0 spiro atoms. The highest BCUT2D eigenvalue weighted by molar-refractivity contribution is 5.49. The molecule has 3 heteroatoms. The van der Waals surface area contributed by atoms with E-state index >= 15 is 0 Å². The van der Waals surface area contributed by atoms with Crippen LogP contribution in [0.4, 0.5) is 0 Å². The third kappa shape index (κ3) is 2.20. The van der Waals surface area contributed by atoms with Gasteiger partial charge in [0.05, 0.1) is 0 Å². The fourth-order valence-electron chi connectivity index (χ4n) is 2.09. The molecule has 0 radical (unpaired) electrons. The Balaban J connectivity index is 1.90. The zero-order valence-electron chi connectivity index (χ0n) is 10.4. The Morgan fingerprint density at radius 1 is 1.00 bits per heavy atom. The summed E-state index contributed by atoms with van der Waals surface area (Å²) < 4.78 is 10.6. The first-order valence-electron chi connectivity index (χ1n) is 6.08. The Bertz CT molecular complexity index is 602. The lowest BCUT2D eigenvalue weighted by atomic mass is 10.00. The molecular formula is C16H14O3. The number of benzene rings is 2. The molecule has 19 heavy (non-hydrogen) atoms. The highest BCUT2D eigenvalue weighted by Crippen LogP contribution is 2.35. The molecule has 3 nitrogen and oxygen atoms in total. The van der Waals surface area contributed by atoms with Crippen molar-refractivity contribution in [2.24, 2.45) is 0 Å². The molecule has 2 aromatic carbocycles. The average molecular weight is 254 g/mol. The van der Waals surface area contributed by atoms with Crippen LogP contribution in [0.15, 0.2) is 49.0 Å². The van der Waals surface area contributed by atoms with Crippen molar-refractivity contribution in [3.8, 4) is 11.5 Å². The van der Waals surface area contributed by atoms with Crippen LogP contribution >= 0.6 is 0 Å². The molecule has 1 aliphatic heterocycles. The summed E-state index contributed by atoms with van der Waals surface area (Å²) in [7, 11) is 0. The molecule has 0 bridgehead atoms. The van der Waals surface area contributed by atoms with E-state index < -0.39 is 6.10 Å². The van der Waals surface area contributed by atoms with Crippen LogP contribution in [0, 0.1) is 0 Å². The quantitative estimate of drug-likeness (QED) is 0.914. The van der Waals surface area contributed by atoms with Gasteiger partial charge >= 0.3 is 0 Å². The summed E-state index contributed by atoms with van der Waals surface area (Å²) >= 11 is 0. The fourth-order valence-corrected chi connectivity index (χ4v) is 2.09. The number of hydrogen-bond donors (Lipinski definition) is 1. The van der Waals surface area contributed by atoms with E-state index in [4.69, 9.17) is 9.47 Å². The zero-order valence-corrected chi connectivity index (χ0v) is 10.4. The summed E-state index contributed by atoms with van der Waals surface area (Å²) in [6, 6.07) is 13.1. The van der Waals surface area contributed by atoms with Crippen molar-refractivity contribution in [2.45, 2.75) is 6.10 Å². The number of ether oxygens (including phenoxy) is 2. The molecule has 0 saturated heterocycles. The largest absolute Gasteiger partial charge is 0.454 e. The van der Waals surface area contributed by atoms with E-state index in [2.05, 4.69) is 6.58 Å². The van der Waals surface area contributed by atoms with E-state index in [1.165, 1.54) is 0 Å². The van der Waals surface area contributed by atoms with Gasteiger partial charge in [0.2, 0.25) is 6.79 Å². The van der Waals surface area contributed by atoms with Crippen molar-refractivity contribution < 1.29 is 14.6 Å². The lowest BCUT2D eigenvalue weighted by Gasteiger charge is -2.12. The molecule has 0 fully saturated rings. The summed E-state index contributed by atoms with van der Waals surface area (Å²) in [5.41, 5.74) is 2.65. The number of aliphatic hydroxyl groups excluding tert-OH is 1. The van der Waals surface area contributed by atoms with Gasteiger partial charge in [-0.15, -0.1) is 0 Å². The Labute approximate surface area is 111 Å². The standard InChI is InChI=1S/C16H14O3/c1-2-11-3-5-12(6-4-11)16(17)13-7-8-14-15(9-13)19-10-18-14/h2-9,16-17H,1,10H2. The molecule has 1 aliphatic rings. The van der Waals surface area contributed by atoms with Gasteiger partial charge in [-0.25, -0.2) is 0 Å². The zero-order chi connectivity index (χ0) is 13.2. The smallest absolute Gasteiger partial charge is 0.231 e. The summed E-state index contributed by atoms with van der Waals surface area (Å²) in [6.45, 7) is 3.95. The monoisotopic (exact) mass is 254 g/mol. The molecule has 3 rings (SSSR count). The molecule has 0 amide bonds.